The molecule has 19 heavy (non-hydrogen) atoms. The zero-order valence-corrected chi connectivity index (χ0v) is 13.5. The van der Waals surface area contributed by atoms with Crippen LogP contribution in [0.15, 0.2) is 28.7 Å². The van der Waals surface area contributed by atoms with Crippen LogP contribution in [0.3, 0.4) is 0 Å². The van der Waals surface area contributed by atoms with Crippen molar-refractivity contribution in [3.8, 4) is 0 Å². The number of piperazine rings is 1. The lowest BCUT2D eigenvalue weighted by Gasteiger charge is -2.37. The topological polar surface area (TPSA) is 32.5 Å². The molecule has 0 saturated carbocycles. The SMILES string of the molecule is CC(C)(N)CN1CCN(Cc2ccc(Br)cc2)CC1. The van der Waals surface area contributed by atoms with Gasteiger partial charge in [-0.25, -0.2) is 0 Å². The van der Waals surface area contributed by atoms with Gasteiger partial charge in [-0.2, -0.15) is 0 Å². The van der Waals surface area contributed by atoms with E-state index in [4.69, 9.17) is 5.73 Å². The molecule has 1 heterocycles. The molecule has 0 amide bonds. The molecule has 1 saturated heterocycles. The van der Waals surface area contributed by atoms with E-state index in [2.05, 4.69) is 63.8 Å². The Bertz CT molecular complexity index is 389. The Morgan fingerprint density at radius 3 is 2.11 bits per heavy atom. The molecule has 1 aromatic carbocycles. The van der Waals surface area contributed by atoms with Gasteiger partial charge < -0.3 is 5.73 Å². The molecule has 2 N–H and O–H groups in total. The van der Waals surface area contributed by atoms with Crippen LogP contribution < -0.4 is 5.73 Å². The Morgan fingerprint density at radius 1 is 1.05 bits per heavy atom. The zero-order chi connectivity index (χ0) is 13.9. The monoisotopic (exact) mass is 325 g/mol. The van der Waals surface area contributed by atoms with Crippen molar-refractivity contribution in [2.75, 3.05) is 32.7 Å². The molecule has 1 fully saturated rings. The third-order valence-corrected chi connectivity index (χ3v) is 3.94. The molecule has 2 rings (SSSR count). The molecular formula is C15H24BrN3. The van der Waals surface area contributed by atoms with Crippen LogP contribution in [0.25, 0.3) is 0 Å². The average Bonchev–Trinajstić information content (AvgIpc) is 2.33. The Morgan fingerprint density at radius 2 is 1.58 bits per heavy atom. The third-order valence-electron chi connectivity index (χ3n) is 3.42. The van der Waals surface area contributed by atoms with E-state index in [0.717, 1.165) is 43.7 Å². The first-order chi connectivity index (χ1) is 8.92. The van der Waals surface area contributed by atoms with Gasteiger partial charge in [0.2, 0.25) is 0 Å². The van der Waals surface area contributed by atoms with Gasteiger partial charge in [-0.05, 0) is 31.5 Å². The molecule has 0 unspecified atom stereocenters. The number of hydrogen-bond donors (Lipinski definition) is 1. The van der Waals surface area contributed by atoms with Crippen molar-refractivity contribution >= 4 is 15.9 Å². The standard InChI is InChI=1S/C15H24BrN3/c1-15(2,17)12-19-9-7-18(8-10-19)11-13-3-5-14(16)6-4-13/h3-6H,7-12,17H2,1-2H3. The summed E-state index contributed by atoms with van der Waals surface area (Å²) < 4.78 is 1.14. The van der Waals surface area contributed by atoms with Crippen molar-refractivity contribution in [3.63, 3.8) is 0 Å². The summed E-state index contributed by atoms with van der Waals surface area (Å²) in [5.41, 5.74) is 7.37. The quantitative estimate of drug-likeness (QED) is 0.922. The first kappa shape index (κ1) is 15.0. The molecule has 106 valence electrons. The van der Waals surface area contributed by atoms with E-state index in [1.807, 2.05) is 0 Å². The van der Waals surface area contributed by atoms with Crippen LogP contribution in [-0.4, -0.2) is 48.1 Å². The van der Waals surface area contributed by atoms with E-state index in [1.54, 1.807) is 0 Å². The average molecular weight is 326 g/mol. The fourth-order valence-electron chi connectivity index (χ4n) is 2.53. The van der Waals surface area contributed by atoms with Gasteiger partial charge >= 0.3 is 0 Å². The summed E-state index contributed by atoms with van der Waals surface area (Å²) in [5, 5.41) is 0. The van der Waals surface area contributed by atoms with Gasteiger partial charge in [-0.15, -0.1) is 0 Å². The maximum absolute atomic E-state index is 6.08. The first-order valence-electron chi connectivity index (χ1n) is 6.90. The maximum Gasteiger partial charge on any atom is 0.0234 e. The summed E-state index contributed by atoms with van der Waals surface area (Å²) in [6.45, 7) is 10.7. The molecular weight excluding hydrogens is 302 g/mol. The van der Waals surface area contributed by atoms with Crippen LogP contribution in [0.2, 0.25) is 0 Å². The van der Waals surface area contributed by atoms with E-state index in [-0.39, 0.29) is 5.54 Å². The fourth-order valence-corrected chi connectivity index (χ4v) is 2.79. The number of hydrogen-bond acceptors (Lipinski definition) is 3. The van der Waals surface area contributed by atoms with Gasteiger partial charge in [0, 0.05) is 49.3 Å². The second kappa shape index (κ2) is 6.35. The van der Waals surface area contributed by atoms with Crippen LogP contribution in [-0.2, 0) is 6.54 Å². The van der Waals surface area contributed by atoms with Crippen LogP contribution in [0.5, 0.6) is 0 Å². The van der Waals surface area contributed by atoms with Crippen LogP contribution >= 0.6 is 15.9 Å². The lowest BCUT2D eigenvalue weighted by Crippen LogP contribution is -2.52. The van der Waals surface area contributed by atoms with Crippen LogP contribution in [0, 0.1) is 0 Å². The molecule has 0 bridgehead atoms. The summed E-state index contributed by atoms with van der Waals surface area (Å²) in [5.74, 6) is 0. The van der Waals surface area contributed by atoms with Gasteiger partial charge in [0.1, 0.15) is 0 Å². The largest absolute Gasteiger partial charge is 0.324 e. The van der Waals surface area contributed by atoms with E-state index < -0.39 is 0 Å². The van der Waals surface area contributed by atoms with Crippen molar-refractivity contribution in [2.24, 2.45) is 5.73 Å². The summed E-state index contributed by atoms with van der Waals surface area (Å²) in [6.07, 6.45) is 0. The predicted molar refractivity (Wildman–Crippen MR) is 84.1 cm³/mol. The summed E-state index contributed by atoms with van der Waals surface area (Å²) in [4.78, 5) is 4.99. The van der Waals surface area contributed by atoms with Crippen molar-refractivity contribution in [2.45, 2.75) is 25.9 Å². The lowest BCUT2D eigenvalue weighted by molar-refractivity contribution is 0.112. The second-order valence-corrected chi connectivity index (χ2v) is 7.08. The Labute approximate surface area is 124 Å². The Hall–Kier alpha value is -0.420. The van der Waals surface area contributed by atoms with Gasteiger partial charge in [-0.1, -0.05) is 28.1 Å². The summed E-state index contributed by atoms with van der Waals surface area (Å²) >= 11 is 3.47. The maximum atomic E-state index is 6.08. The molecule has 0 spiro atoms. The predicted octanol–water partition coefficient (Wildman–Crippen LogP) is 2.30. The Balaban J connectivity index is 1.79. The lowest BCUT2D eigenvalue weighted by atomic mass is 10.1. The highest BCUT2D eigenvalue weighted by atomic mass is 79.9. The van der Waals surface area contributed by atoms with Gasteiger partial charge in [-0.3, -0.25) is 9.80 Å². The normalized spacial score (nSPS) is 18.7. The van der Waals surface area contributed by atoms with E-state index in [0.29, 0.717) is 0 Å². The van der Waals surface area contributed by atoms with E-state index >= 15 is 0 Å². The minimum absolute atomic E-state index is 0.0894. The number of benzene rings is 1. The zero-order valence-electron chi connectivity index (χ0n) is 11.9. The van der Waals surface area contributed by atoms with Crippen molar-refractivity contribution in [1.29, 1.82) is 0 Å². The van der Waals surface area contributed by atoms with Gasteiger partial charge in [0.15, 0.2) is 0 Å². The summed E-state index contributed by atoms with van der Waals surface area (Å²) in [7, 11) is 0. The molecule has 1 aliphatic heterocycles. The van der Waals surface area contributed by atoms with E-state index in [1.165, 1.54) is 5.56 Å². The van der Waals surface area contributed by atoms with Crippen molar-refractivity contribution in [1.82, 2.24) is 9.80 Å². The molecule has 0 atom stereocenters. The third kappa shape index (κ3) is 5.22. The second-order valence-electron chi connectivity index (χ2n) is 6.17. The smallest absolute Gasteiger partial charge is 0.0234 e. The van der Waals surface area contributed by atoms with Gasteiger partial charge in [0.25, 0.3) is 0 Å². The fraction of sp³-hybridized carbons (Fsp3) is 0.600. The number of rotatable bonds is 4. The van der Waals surface area contributed by atoms with Gasteiger partial charge in [0.05, 0.1) is 0 Å². The molecule has 1 aliphatic rings. The summed E-state index contributed by atoms with van der Waals surface area (Å²) in [6, 6.07) is 8.62. The molecule has 4 heteroatoms. The molecule has 0 aliphatic carbocycles. The first-order valence-corrected chi connectivity index (χ1v) is 7.70. The Kier molecular flexibility index (Phi) is 5.01. The van der Waals surface area contributed by atoms with Crippen LogP contribution in [0.1, 0.15) is 19.4 Å². The van der Waals surface area contributed by atoms with Crippen molar-refractivity contribution < 1.29 is 0 Å². The molecule has 0 aromatic heterocycles. The number of halogens is 1. The number of nitrogens with zero attached hydrogens (tertiary/aromatic N) is 2. The minimum Gasteiger partial charge on any atom is -0.324 e. The highest BCUT2D eigenvalue weighted by Crippen LogP contribution is 2.14. The molecule has 1 aromatic rings. The van der Waals surface area contributed by atoms with Crippen LogP contribution in [0.4, 0.5) is 0 Å². The minimum atomic E-state index is -0.0894. The highest BCUT2D eigenvalue weighted by molar-refractivity contribution is 9.10. The molecule has 3 nitrogen and oxygen atoms in total. The highest BCUT2D eigenvalue weighted by Gasteiger charge is 2.21. The molecule has 0 radical (unpaired) electrons. The number of nitrogens with two attached hydrogens (primary N) is 1. The van der Waals surface area contributed by atoms with Crippen molar-refractivity contribution in [3.05, 3.63) is 34.3 Å². The van der Waals surface area contributed by atoms with E-state index in [9.17, 15) is 0 Å².